The Morgan fingerprint density at radius 2 is 1.23 bits per heavy atom. The zero-order valence-corrected chi connectivity index (χ0v) is 23.0. The van der Waals surface area contributed by atoms with Gasteiger partial charge in [0.25, 0.3) is 0 Å². The molecule has 0 aliphatic rings. The first kappa shape index (κ1) is 26.5. The van der Waals surface area contributed by atoms with E-state index in [0.717, 1.165) is 67.4 Å². The van der Waals surface area contributed by atoms with Crippen LogP contribution in [0.5, 0.6) is 5.75 Å². The zero-order chi connectivity index (χ0) is 26.9. The molecule has 1 aromatic heterocycles. The molecule has 198 valence electrons. The highest BCUT2D eigenvalue weighted by atomic mass is 16.5. The normalized spacial score (nSPS) is 11.2. The molecule has 1 heterocycles. The second-order valence-corrected chi connectivity index (χ2v) is 9.95. The lowest BCUT2D eigenvalue weighted by atomic mass is 10.1. The monoisotopic (exact) mass is 515 g/mol. The number of hydrogen-bond donors (Lipinski definition) is 0. The fourth-order valence-electron chi connectivity index (χ4n) is 5.05. The topological polar surface area (TPSA) is 30.3 Å². The molecule has 4 nitrogen and oxygen atoms in total. The molecule has 0 atom stereocenters. The van der Waals surface area contributed by atoms with E-state index in [-0.39, 0.29) is 0 Å². The van der Waals surface area contributed by atoms with Crippen molar-refractivity contribution in [3.8, 4) is 28.4 Å². The fraction of sp³-hybridized carbons (Fsp3) is 0.229. The van der Waals surface area contributed by atoms with Crippen molar-refractivity contribution in [1.29, 1.82) is 0 Å². The van der Waals surface area contributed by atoms with E-state index in [2.05, 4.69) is 120 Å². The average molecular weight is 516 g/mol. The van der Waals surface area contributed by atoms with Gasteiger partial charge in [-0.25, -0.2) is 4.98 Å². The van der Waals surface area contributed by atoms with Crippen LogP contribution in [0.15, 0.2) is 115 Å². The maximum Gasteiger partial charge on any atom is 0.140 e. The molecule has 0 aliphatic heterocycles. The van der Waals surface area contributed by atoms with Crippen molar-refractivity contribution in [2.45, 2.75) is 45.9 Å². The van der Waals surface area contributed by atoms with Crippen molar-refractivity contribution in [2.75, 3.05) is 7.11 Å². The lowest BCUT2D eigenvalue weighted by Crippen LogP contribution is -2.24. The number of unbranched alkanes of at least 4 members (excludes halogenated alkanes) is 1. The highest BCUT2D eigenvalue weighted by molar-refractivity contribution is 5.68. The maximum absolute atomic E-state index is 5.40. The summed E-state index contributed by atoms with van der Waals surface area (Å²) in [6.45, 7) is 5.65. The summed E-state index contributed by atoms with van der Waals surface area (Å²) in [5.41, 5.74) is 7.20. The summed E-state index contributed by atoms with van der Waals surface area (Å²) >= 11 is 0. The van der Waals surface area contributed by atoms with Gasteiger partial charge in [-0.05, 0) is 29.7 Å². The summed E-state index contributed by atoms with van der Waals surface area (Å²) in [4.78, 5) is 7.84. The van der Waals surface area contributed by atoms with Crippen LogP contribution in [0.4, 0.5) is 0 Å². The molecule has 0 saturated heterocycles. The van der Waals surface area contributed by atoms with Gasteiger partial charge in [0.15, 0.2) is 0 Å². The molecular weight excluding hydrogens is 478 g/mol. The van der Waals surface area contributed by atoms with E-state index >= 15 is 0 Å². The minimum absolute atomic E-state index is 0.786. The van der Waals surface area contributed by atoms with Crippen molar-refractivity contribution < 1.29 is 4.74 Å². The Hall–Kier alpha value is -4.15. The van der Waals surface area contributed by atoms with Gasteiger partial charge in [0.05, 0.1) is 18.5 Å². The Balaban J connectivity index is 1.59. The molecule has 0 N–H and O–H groups in total. The van der Waals surface area contributed by atoms with Crippen LogP contribution in [0.3, 0.4) is 0 Å². The SMILES string of the molecule is CCCCn1c(-c2ccccc2)nc(-c2ccccc2)c1CN(Cc1ccccc1)Cc1ccc(OC)cc1. The molecule has 0 aliphatic carbocycles. The van der Waals surface area contributed by atoms with Crippen LogP contribution >= 0.6 is 0 Å². The van der Waals surface area contributed by atoms with Gasteiger partial charge in [0.2, 0.25) is 0 Å². The number of benzene rings is 4. The lowest BCUT2D eigenvalue weighted by molar-refractivity contribution is 0.241. The lowest BCUT2D eigenvalue weighted by Gasteiger charge is -2.25. The molecule has 0 amide bonds. The van der Waals surface area contributed by atoms with Gasteiger partial charge in [-0.3, -0.25) is 4.90 Å². The Morgan fingerprint density at radius 3 is 1.82 bits per heavy atom. The van der Waals surface area contributed by atoms with E-state index in [9.17, 15) is 0 Å². The molecule has 0 saturated carbocycles. The first-order valence-electron chi connectivity index (χ1n) is 13.8. The summed E-state index contributed by atoms with van der Waals surface area (Å²) in [5.74, 6) is 1.92. The van der Waals surface area contributed by atoms with Gasteiger partial charge in [0, 0.05) is 37.3 Å². The predicted molar refractivity (Wildman–Crippen MR) is 160 cm³/mol. The van der Waals surface area contributed by atoms with Crippen LogP contribution < -0.4 is 4.74 Å². The summed E-state index contributed by atoms with van der Waals surface area (Å²) in [6, 6.07) is 40.4. The van der Waals surface area contributed by atoms with Crippen LogP contribution in [0.1, 0.15) is 36.6 Å². The first-order chi connectivity index (χ1) is 19.2. The number of hydrogen-bond acceptors (Lipinski definition) is 3. The largest absolute Gasteiger partial charge is 0.497 e. The summed E-state index contributed by atoms with van der Waals surface area (Å²) in [7, 11) is 1.71. The maximum atomic E-state index is 5.40. The standard InChI is InChI=1S/C35H37N3O/c1-3-4-24-38-33(34(30-16-10-6-11-17-30)36-35(38)31-18-12-7-13-19-31)27-37(25-28-14-8-5-9-15-28)26-29-20-22-32(39-2)23-21-29/h5-23H,3-4,24-27H2,1-2H3. The van der Waals surface area contributed by atoms with Gasteiger partial charge in [0.1, 0.15) is 11.6 Å². The van der Waals surface area contributed by atoms with E-state index in [1.807, 2.05) is 12.1 Å². The molecule has 5 aromatic rings. The van der Waals surface area contributed by atoms with Crippen molar-refractivity contribution >= 4 is 0 Å². The Labute approximate surface area is 232 Å². The van der Waals surface area contributed by atoms with Crippen LogP contribution in [0.25, 0.3) is 22.6 Å². The fourth-order valence-corrected chi connectivity index (χ4v) is 5.05. The van der Waals surface area contributed by atoms with E-state index < -0.39 is 0 Å². The second-order valence-electron chi connectivity index (χ2n) is 9.95. The van der Waals surface area contributed by atoms with Crippen molar-refractivity contribution in [3.63, 3.8) is 0 Å². The number of ether oxygens (including phenoxy) is 1. The van der Waals surface area contributed by atoms with Crippen LogP contribution in [-0.2, 0) is 26.2 Å². The van der Waals surface area contributed by atoms with Crippen molar-refractivity contribution in [1.82, 2.24) is 14.5 Å². The highest BCUT2D eigenvalue weighted by Gasteiger charge is 2.22. The molecule has 39 heavy (non-hydrogen) atoms. The van der Waals surface area contributed by atoms with Crippen molar-refractivity contribution in [3.05, 3.63) is 132 Å². The minimum atomic E-state index is 0.786. The van der Waals surface area contributed by atoms with E-state index in [1.54, 1.807) is 7.11 Å². The van der Waals surface area contributed by atoms with E-state index in [1.165, 1.54) is 16.8 Å². The Kier molecular flexibility index (Phi) is 8.87. The summed E-state index contributed by atoms with van der Waals surface area (Å²) in [5, 5.41) is 0. The molecular formula is C35H37N3O. The first-order valence-corrected chi connectivity index (χ1v) is 13.8. The van der Waals surface area contributed by atoms with Crippen molar-refractivity contribution in [2.24, 2.45) is 0 Å². The third kappa shape index (κ3) is 6.65. The molecule has 0 fully saturated rings. The van der Waals surface area contributed by atoms with Gasteiger partial charge < -0.3 is 9.30 Å². The molecule has 0 spiro atoms. The molecule has 4 heteroatoms. The van der Waals surface area contributed by atoms with Crippen LogP contribution in [-0.4, -0.2) is 21.6 Å². The Morgan fingerprint density at radius 1 is 0.667 bits per heavy atom. The third-order valence-corrected chi connectivity index (χ3v) is 7.07. The number of aromatic nitrogens is 2. The number of imidazole rings is 1. The number of nitrogens with zero attached hydrogens (tertiary/aromatic N) is 3. The molecule has 4 aromatic carbocycles. The zero-order valence-electron chi connectivity index (χ0n) is 23.0. The Bertz CT molecular complexity index is 1430. The predicted octanol–water partition coefficient (Wildman–Crippen LogP) is 8.23. The third-order valence-electron chi connectivity index (χ3n) is 7.07. The quantitative estimate of drug-likeness (QED) is 0.168. The van der Waals surface area contributed by atoms with Gasteiger partial charge in [-0.1, -0.05) is 116 Å². The molecule has 0 bridgehead atoms. The smallest absolute Gasteiger partial charge is 0.140 e. The summed E-state index contributed by atoms with van der Waals surface area (Å²) < 4.78 is 7.87. The van der Waals surface area contributed by atoms with Crippen LogP contribution in [0, 0.1) is 0 Å². The number of rotatable bonds is 12. The summed E-state index contributed by atoms with van der Waals surface area (Å²) in [6.07, 6.45) is 2.24. The van der Waals surface area contributed by atoms with Gasteiger partial charge in [-0.2, -0.15) is 0 Å². The van der Waals surface area contributed by atoms with E-state index in [4.69, 9.17) is 9.72 Å². The van der Waals surface area contributed by atoms with Crippen LogP contribution in [0.2, 0.25) is 0 Å². The van der Waals surface area contributed by atoms with Gasteiger partial charge >= 0.3 is 0 Å². The minimum Gasteiger partial charge on any atom is -0.497 e. The number of methoxy groups -OCH3 is 1. The van der Waals surface area contributed by atoms with E-state index in [0.29, 0.717) is 0 Å². The average Bonchev–Trinajstić information content (AvgIpc) is 3.35. The highest BCUT2D eigenvalue weighted by Crippen LogP contribution is 2.32. The second kappa shape index (κ2) is 13.1. The molecule has 0 radical (unpaired) electrons. The molecule has 5 rings (SSSR count). The molecule has 0 unspecified atom stereocenters. The van der Waals surface area contributed by atoms with Gasteiger partial charge in [-0.15, -0.1) is 0 Å².